The highest BCUT2D eigenvalue weighted by atomic mass is 16.2. The van der Waals surface area contributed by atoms with Crippen LogP contribution in [-0.2, 0) is 9.59 Å². The third-order valence-corrected chi connectivity index (χ3v) is 2.08. The average molecular weight is 185 g/mol. The van der Waals surface area contributed by atoms with Crippen LogP contribution in [0.1, 0.15) is 40.0 Å². The summed E-state index contributed by atoms with van der Waals surface area (Å²) in [6.45, 7) is 6.35. The lowest BCUT2D eigenvalue weighted by Gasteiger charge is -2.15. The first-order chi connectivity index (χ1) is 6.10. The van der Waals surface area contributed by atoms with Crippen molar-refractivity contribution in [1.29, 1.82) is 0 Å². The predicted molar refractivity (Wildman–Crippen MR) is 52.1 cm³/mol. The number of amides is 2. The first-order valence-electron chi connectivity index (χ1n) is 4.83. The summed E-state index contributed by atoms with van der Waals surface area (Å²) in [6, 6.07) is 0. The molecule has 0 saturated heterocycles. The van der Waals surface area contributed by atoms with E-state index in [4.69, 9.17) is 0 Å². The standard InChI is InChI=1S/C10H19NO2/c1-4-9(5-8(2)3)6-10(13)11-7-12/h7-9H,4-6H2,1-3H3,(H,11,12,13). The zero-order valence-corrected chi connectivity index (χ0v) is 8.67. The third-order valence-electron chi connectivity index (χ3n) is 2.08. The van der Waals surface area contributed by atoms with Gasteiger partial charge in [-0.1, -0.05) is 27.2 Å². The number of imide groups is 1. The van der Waals surface area contributed by atoms with E-state index in [1.54, 1.807) is 0 Å². The van der Waals surface area contributed by atoms with Crippen molar-refractivity contribution in [3.63, 3.8) is 0 Å². The van der Waals surface area contributed by atoms with Gasteiger partial charge in [-0.25, -0.2) is 0 Å². The molecule has 0 aliphatic rings. The number of rotatable bonds is 6. The first-order valence-corrected chi connectivity index (χ1v) is 4.83. The highest BCUT2D eigenvalue weighted by molar-refractivity contribution is 5.85. The fourth-order valence-electron chi connectivity index (χ4n) is 1.45. The number of carbonyl (C=O) groups excluding carboxylic acids is 2. The van der Waals surface area contributed by atoms with Gasteiger partial charge in [0.2, 0.25) is 12.3 Å². The summed E-state index contributed by atoms with van der Waals surface area (Å²) >= 11 is 0. The molecule has 0 spiro atoms. The van der Waals surface area contributed by atoms with Gasteiger partial charge in [-0.2, -0.15) is 0 Å². The van der Waals surface area contributed by atoms with Crippen molar-refractivity contribution in [2.75, 3.05) is 0 Å². The summed E-state index contributed by atoms with van der Waals surface area (Å²) in [7, 11) is 0. The normalized spacial score (nSPS) is 12.6. The maximum Gasteiger partial charge on any atom is 0.226 e. The minimum Gasteiger partial charge on any atom is -0.299 e. The molecule has 1 atom stereocenters. The van der Waals surface area contributed by atoms with Crippen LogP contribution in [-0.4, -0.2) is 12.3 Å². The molecule has 0 heterocycles. The lowest BCUT2D eigenvalue weighted by atomic mass is 9.92. The van der Waals surface area contributed by atoms with E-state index < -0.39 is 0 Å². The Morgan fingerprint density at radius 1 is 1.46 bits per heavy atom. The second kappa shape index (κ2) is 6.63. The predicted octanol–water partition coefficient (Wildman–Crippen LogP) is 1.72. The van der Waals surface area contributed by atoms with Crippen LogP contribution in [0, 0.1) is 11.8 Å². The topological polar surface area (TPSA) is 46.2 Å². The average Bonchev–Trinajstić information content (AvgIpc) is 2.02. The molecule has 3 heteroatoms. The van der Waals surface area contributed by atoms with Crippen molar-refractivity contribution < 1.29 is 9.59 Å². The lowest BCUT2D eigenvalue weighted by Crippen LogP contribution is -2.24. The fourth-order valence-corrected chi connectivity index (χ4v) is 1.45. The molecule has 76 valence electrons. The van der Waals surface area contributed by atoms with E-state index in [2.05, 4.69) is 26.1 Å². The van der Waals surface area contributed by atoms with Gasteiger partial charge in [0.15, 0.2) is 0 Å². The number of carbonyl (C=O) groups is 2. The maximum absolute atomic E-state index is 11.1. The summed E-state index contributed by atoms with van der Waals surface area (Å²) in [4.78, 5) is 21.0. The van der Waals surface area contributed by atoms with Gasteiger partial charge < -0.3 is 0 Å². The Hall–Kier alpha value is -0.860. The number of hydrogen-bond acceptors (Lipinski definition) is 2. The second-order valence-corrected chi connectivity index (χ2v) is 3.79. The van der Waals surface area contributed by atoms with Gasteiger partial charge in [0.05, 0.1) is 0 Å². The van der Waals surface area contributed by atoms with Gasteiger partial charge in [0.1, 0.15) is 0 Å². The highest BCUT2D eigenvalue weighted by Gasteiger charge is 2.12. The minimum atomic E-state index is -0.164. The van der Waals surface area contributed by atoms with Crippen LogP contribution < -0.4 is 5.32 Å². The van der Waals surface area contributed by atoms with E-state index in [1.807, 2.05) is 0 Å². The smallest absolute Gasteiger partial charge is 0.226 e. The van der Waals surface area contributed by atoms with Crippen molar-refractivity contribution in [3.8, 4) is 0 Å². The van der Waals surface area contributed by atoms with Crippen molar-refractivity contribution in [1.82, 2.24) is 5.32 Å². The fraction of sp³-hybridized carbons (Fsp3) is 0.800. The first kappa shape index (κ1) is 12.1. The molecule has 0 aliphatic carbocycles. The summed E-state index contributed by atoms with van der Waals surface area (Å²) in [5.41, 5.74) is 0. The minimum absolute atomic E-state index is 0.164. The van der Waals surface area contributed by atoms with Gasteiger partial charge in [-0.05, 0) is 18.3 Å². The lowest BCUT2D eigenvalue weighted by molar-refractivity contribution is -0.126. The second-order valence-electron chi connectivity index (χ2n) is 3.79. The van der Waals surface area contributed by atoms with Gasteiger partial charge in [0, 0.05) is 6.42 Å². The molecule has 0 aromatic rings. The molecule has 0 aliphatic heterocycles. The van der Waals surface area contributed by atoms with Gasteiger partial charge in [0.25, 0.3) is 0 Å². The summed E-state index contributed by atoms with van der Waals surface area (Å²) < 4.78 is 0. The molecule has 0 aromatic carbocycles. The molecule has 0 aromatic heterocycles. The summed E-state index contributed by atoms with van der Waals surface area (Å²) in [5, 5.41) is 2.16. The Labute approximate surface area is 79.9 Å². The van der Waals surface area contributed by atoms with Gasteiger partial charge >= 0.3 is 0 Å². The van der Waals surface area contributed by atoms with Gasteiger partial charge in [-0.15, -0.1) is 0 Å². The Morgan fingerprint density at radius 2 is 2.08 bits per heavy atom. The Balaban J connectivity index is 3.82. The van der Waals surface area contributed by atoms with Gasteiger partial charge in [-0.3, -0.25) is 14.9 Å². The third kappa shape index (κ3) is 6.31. The zero-order chi connectivity index (χ0) is 10.3. The summed E-state index contributed by atoms with van der Waals surface area (Å²) in [5.74, 6) is 0.844. The Bertz CT molecular complexity index is 166. The quantitative estimate of drug-likeness (QED) is 0.640. The molecule has 13 heavy (non-hydrogen) atoms. The largest absolute Gasteiger partial charge is 0.299 e. The molecule has 1 unspecified atom stereocenters. The molecule has 0 fully saturated rings. The van der Waals surface area contributed by atoms with Crippen molar-refractivity contribution in [2.24, 2.45) is 11.8 Å². The summed E-state index contributed by atoms with van der Waals surface area (Å²) in [6.07, 6.45) is 2.95. The van der Waals surface area contributed by atoms with Crippen LogP contribution in [0.25, 0.3) is 0 Å². The Morgan fingerprint density at radius 3 is 2.46 bits per heavy atom. The molecular formula is C10H19NO2. The van der Waals surface area contributed by atoms with E-state index >= 15 is 0 Å². The van der Waals surface area contributed by atoms with E-state index in [1.165, 1.54) is 0 Å². The van der Waals surface area contributed by atoms with Crippen molar-refractivity contribution in [2.45, 2.75) is 40.0 Å². The molecule has 2 amide bonds. The van der Waals surface area contributed by atoms with E-state index in [9.17, 15) is 9.59 Å². The van der Waals surface area contributed by atoms with Crippen LogP contribution in [0.5, 0.6) is 0 Å². The molecular weight excluding hydrogens is 166 g/mol. The molecule has 0 bridgehead atoms. The van der Waals surface area contributed by atoms with Crippen LogP contribution in [0.15, 0.2) is 0 Å². The molecule has 0 rings (SSSR count). The maximum atomic E-state index is 11.1. The SMILES string of the molecule is CCC(CC(=O)NC=O)CC(C)C. The van der Waals surface area contributed by atoms with E-state index in [-0.39, 0.29) is 5.91 Å². The van der Waals surface area contributed by atoms with Crippen LogP contribution in [0.4, 0.5) is 0 Å². The molecule has 3 nitrogen and oxygen atoms in total. The van der Waals surface area contributed by atoms with Crippen LogP contribution in [0.3, 0.4) is 0 Å². The van der Waals surface area contributed by atoms with Crippen LogP contribution >= 0.6 is 0 Å². The monoisotopic (exact) mass is 185 g/mol. The molecule has 1 N–H and O–H groups in total. The van der Waals surface area contributed by atoms with E-state index in [0.717, 1.165) is 12.8 Å². The molecule has 0 saturated carbocycles. The zero-order valence-electron chi connectivity index (χ0n) is 8.67. The number of hydrogen-bond donors (Lipinski definition) is 1. The van der Waals surface area contributed by atoms with Crippen LogP contribution in [0.2, 0.25) is 0 Å². The van der Waals surface area contributed by atoms with Crippen molar-refractivity contribution >= 4 is 12.3 Å². The number of nitrogens with one attached hydrogen (secondary N) is 1. The van der Waals surface area contributed by atoms with E-state index in [0.29, 0.717) is 24.7 Å². The Kier molecular flexibility index (Phi) is 6.20. The van der Waals surface area contributed by atoms with Crippen molar-refractivity contribution in [3.05, 3.63) is 0 Å². The molecule has 0 radical (unpaired) electrons. The highest BCUT2D eigenvalue weighted by Crippen LogP contribution is 2.18.